The molecule has 4 nitrogen and oxygen atoms in total. The van der Waals surface area contributed by atoms with Gasteiger partial charge in [0.25, 0.3) is 0 Å². The first-order valence-corrected chi connectivity index (χ1v) is 8.58. The van der Waals surface area contributed by atoms with Crippen molar-refractivity contribution in [3.63, 3.8) is 0 Å². The second-order valence-electron chi connectivity index (χ2n) is 7.16. The SMILES string of the molecule is COCCN(CC(C)C)CC1CCC(CNCC(C)C)O1. The van der Waals surface area contributed by atoms with Crippen molar-refractivity contribution in [3.05, 3.63) is 0 Å². The molecule has 0 aromatic heterocycles. The Kier molecular flexibility index (Phi) is 9.49. The number of nitrogens with one attached hydrogen (secondary N) is 1. The van der Waals surface area contributed by atoms with E-state index in [1.807, 2.05) is 0 Å². The Morgan fingerprint density at radius 3 is 2.48 bits per heavy atom. The van der Waals surface area contributed by atoms with Crippen molar-refractivity contribution in [3.8, 4) is 0 Å². The van der Waals surface area contributed by atoms with Gasteiger partial charge in [0.1, 0.15) is 0 Å². The van der Waals surface area contributed by atoms with Gasteiger partial charge in [-0.05, 0) is 31.2 Å². The van der Waals surface area contributed by atoms with Gasteiger partial charge in [-0.15, -0.1) is 0 Å². The number of ether oxygens (including phenoxy) is 2. The second-order valence-corrected chi connectivity index (χ2v) is 7.16. The maximum Gasteiger partial charge on any atom is 0.0707 e. The predicted octanol–water partition coefficient (Wildman–Crippen LogP) is 2.38. The van der Waals surface area contributed by atoms with Gasteiger partial charge in [-0.25, -0.2) is 0 Å². The van der Waals surface area contributed by atoms with Crippen LogP contribution in [0.4, 0.5) is 0 Å². The molecule has 0 radical (unpaired) electrons. The van der Waals surface area contributed by atoms with Crippen molar-refractivity contribution in [1.82, 2.24) is 10.2 Å². The van der Waals surface area contributed by atoms with Crippen LogP contribution in [0.2, 0.25) is 0 Å². The molecule has 21 heavy (non-hydrogen) atoms. The molecule has 0 amide bonds. The molecule has 1 N–H and O–H groups in total. The molecule has 1 fully saturated rings. The number of hydrogen-bond acceptors (Lipinski definition) is 4. The fraction of sp³-hybridized carbons (Fsp3) is 1.00. The van der Waals surface area contributed by atoms with Crippen molar-refractivity contribution >= 4 is 0 Å². The van der Waals surface area contributed by atoms with Gasteiger partial charge in [-0.2, -0.15) is 0 Å². The molecule has 0 spiro atoms. The third-order valence-electron chi connectivity index (χ3n) is 3.82. The molecule has 1 aliphatic rings. The van der Waals surface area contributed by atoms with Crippen LogP contribution in [0.15, 0.2) is 0 Å². The van der Waals surface area contributed by atoms with Gasteiger partial charge in [0.2, 0.25) is 0 Å². The smallest absolute Gasteiger partial charge is 0.0707 e. The summed E-state index contributed by atoms with van der Waals surface area (Å²) < 4.78 is 11.4. The third-order valence-corrected chi connectivity index (χ3v) is 3.82. The Bertz CT molecular complexity index is 259. The van der Waals surface area contributed by atoms with Crippen molar-refractivity contribution < 1.29 is 9.47 Å². The molecule has 0 aliphatic carbocycles. The first kappa shape index (κ1) is 18.9. The highest BCUT2D eigenvalue weighted by Gasteiger charge is 2.26. The zero-order valence-electron chi connectivity index (χ0n) is 14.7. The molecule has 4 heteroatoms. The molecule has 1 heterocycles. The summed E-state index contributed by atoms with van der Waals surface area (Å²) in [6, 6.07) is 0. The molecule has 126 valence electrons. The molecule has 1 aliphatic heterocycles. The van der Waals surface area contributed by atoms with Crippen molar-refractivity contribution in [2.45, 2.75) is 52.7 Å². The highest BCUT2D eigenvalue weighted by Crippen LogP contribution is 2.20. The van der Waals surface area contributed by atoms with E-state index < -0.39 is 0 Å². The van der Waals surface area contributed by atoms with Gasteiger partial charge in [0, 0.05) is 33.3 Å². The van der Waals surface area contributed by atoms with Crippen LogP contribution >= 0.6 is 0 Å². The summed E-state index contributed by atoms with van der Waals surface area (Å²) in [7, 11) is 1.77. The van der Waals surface area contributed by atoms with Gasteiger partial charge in [-0.1, -0.05) is 27.7 Å². The quantitative estimate of drug-likeness (QED) is 0.635. The first-order chi connectivity index (χ1) is 10.0. The zero-order chi connectivity index (χ0) is 15.7. The zero-order valence-corrected chi connectivity index (χ0v) is 14.7. The fourth-order valence-electron chi connectivity index (χ4n) is 2.88. The molecule has 0 saturated carbocycles. The van der Waals surface area contributed by atoms with E-state index in [2.05, 4.69) is 37.9 Å². The van der Waals surface area contributed by atoms with Gasteiger partial charge >= 0.3 is 0 Å². The van der Waals surface area contributed by atoms with E-state index in [1.165, 1.54) is 12.8 Å². The average Bonchev–Trinajstić information content (AvgIpc) is 2.82. The van der Waals surface area contributed by atoms with Crippen LogP contribution in [0.1, 0.15) is 40.5 Å². The van der Waals surface area contributed by atoms with Crippen LogP contribution in [0.5, 0.6) is 0 Å². The average molecular weight is 300 g/mol. The lowest BCUT2D eigenvalue weighted by molar-refractivity contribution is 0.0163. The normalized spacial score (nSPS) is 22.9. The largest absolute Gasteiger partial charge is 0.383 e. The Morgan fingerprint density at radius 2 is 1.86 bits per heavy atom. The molecule has 1 saturated heterocycles. The van der Waals surface area contributed by atoms with Gasteiger partial charge in [-0.3, -0.25) is 4.90 Å². The van der Waals surface area contributed by atoms with E-state index in [4.69, 9.17) is 9.47 Å². The number of nitrogens with zero attached hydrogens (tertiary/aromatic N) is 1. The Morgan fingerprint density at radius 1 is 1.14 bits per heavy atom. The number of hydrogen-bond donors (Lipinski definition) is 1. The lowest BCUT2D eigenvalue weighted by atomic mass is 10.1. The number of rotatable bonds is 11. The van der Waals surface area contributed by atoms with Crippen molar-refractivity contribution in [2.24, 2.45) is 11.8 Å². The molecular weight excluding hydrogens is 264 g/mol. The van der Waals surface area contributed by atoms with Gasteiger partial charge in [0.15, 0.2) is 0 Å². The maximum absolute atomic E-state index is 6.19. The molecule has 0 bridgehead atoms. The van der Waals surface area contributed by atoms with E-state index >= 15 is 0 Å². The van der Waals surface area contributed by atoms with Crippen LogP contribution in [-0.2, 0) is 9.47 Å². The van der Waals surface area contributed by atoms with E-state index in [0.29, 0.717) is 24.0 Å². The highest BCUT2D eigenvalue weighted by molar-refractivity contribution is 4.78. The van der Waals surface area contributed by atoms with E-state index in [-0.39, 0.29) is 0 Å². The van der Waals surface area contributed by atoms with Crippen LogP contribution in [0.3, 0.4) is 0 Å². The number of methoxy groups -OCH3 is 1. The van der Waals surface area contributed by atoms with E-state index in [9.17, 15) is 0 Å². The minimum Gasteiger partial charge on any atom is -0.383 e. The molecule has 1 rings (SSSR count). The summed E-state index contributed by atoms with van der Waals surface area (Å²) in [5, 5.41) is 3.51. The van der Waals surface area contributed by atoms with Crippen LogP contribution in [0, 0.1) is 11.8 Å². The second kappa shape index (κ2) is 10.5. The molecular formula is C17H36N2O2. The summed E-state index contributed by atoms with van der Waals surface area (Å²) in [6.45, 7) is 15.1. The summed E-state index contributed by atoms with van der Waals surface area (Å²) in [4.78, 5) is 2.49. The van der Waals surface area contributed by atoms with E-state index in [0.717, 1.165) is 39.3 Å². The predicted molar refractivity (Wildman–Crippen MR) is 88.8 cm³/mol. The first-order valence-electron chi connectivity index (χ1n) is 8.58. The summed E-state index contributed by atoms with van der Waals surface area (Å²) in [5.41, 5.74) is 0. The van der Waals surface area contributed by atoms with Crippen LogP contribution in [-0.4, -0.2) is 63.5 Å². The van der Waals surface area contributed by atoms with Crippen molar-refractivity contribution in [1.29, 1.82) is 0 Å². The van der Waals surface area contributed by atoms with Gasteiger partial charge < -0.3 is 14.8 Å². The minimum absolute atomic E-state index is 0.395. The van der Waals surface area contributed by atoms with Gasteiger partial charge in [0.05, 0.1) is 18.8 Å². The molecule has 2 unspecified atom stereocenters. The Balaban J connectivity index is 2.26. The van der Waals surface area contributed by atoms with Crippen LogP contribution < -0.4 is 5.32 Å². The third kappa shape index (κ3) is 8.77. The Labute approximate surface area is 131 Å². The monoisotopic (exact) mass is 300 g/mol. The van der Waals surface area contributed by atoms with Crippen molar-refractivity contribution in [2.75, 3.05) is 46.4 Å². The maximum atomic E-state index is 6.19. The van der Waals surface area contributed by atoms with E-state index in [1.54, 1.807) is 7.11 Å². The molecule has 2 atom stereocenters. The fourth-order valence-corrected chi connectivity index (χ4v) is 2.88. The summed E-state index contributed by atoms with van der Waals surface area (Å²) >= 11 is 0. The molecule has 0 aromatic carbocycles. The summed E-state index contributed by atoms with van der Waals surface area (Å²) in [5.74, 6) is 1.39. The minimum atomic E-state index is 0.395. The van der Waals surface area contributed by atoms with Crippen LogP contribution in [0.25, 0.3) is 0 Å². The lowest BCUT2D eigenvalue weighted by Gasteiger charge is -2.27. The Hall–Kier alpha value is -0.160. The topological polar surface area (TPSA) is 33.7 Å². The standard InChI is InChI=1S/C17H36N2O2/c1-14(2)10-18-11-16-6-7-17(21-16)13-19(8-9-20-5)12-15(3)4/h14-18H,6-13H2,1-5H3. The highest BCUT2D eigenvalue weighted by atomic mass is 16.5. The lowest BCUT2D eigenvalue weighted by Crippen LogP contribution is -2.38. The summed E-state index contributed by atoms with van der Waals surface area (Å²) in [6.07, 6.45) is 3.18. The molecule has 0 aromatic rings.